The fourth-order valence-corrected chi connectivity index (χ4v) is 6.14. The summed E-state index contributed by atoms with van der Waals surface area (Å²) in [4.78, 5) is 18.4. The standard InChI is InChI=1S/C26H26Cl2N4O3/c1-34-25(33)22-8-7-18(12-29-22)31-14-16-9-10-26(31,11-16)35-15-23-19(17-5-6-17)13-30-32(23)24-20(27)3-2-4-21(24)28/h2-4,7-8,12-13,16-17H,5-6,9-11,14-15H2,1H3. The predicted molar refractivity (Wildman–Crippen MR) is 133 cm³/mol. The molecule has 2 unspecified atom stereocenters. The summed E-state index contributed by atoms with van der Waals surface area (Å²) in [6, 6.07) is 9.13. The average Bonchev–Trinajstić information content (AvgIpc) is 3.35. The van der Waals surface area contributed by atoms with Crippen LogP contribution >= 0.6 is 23.2 Å². The number of halogens is 2. The fourth-order valence-electron chi connectivity index (χ4n) is 5.58. The smallest absolute Gasteiger partial charge is 0.356 e. The summed E-state index contributed by atoms with van der Waals surface area (Å²) < 4.78 is 13.5. The highest BCUT2D eigenvalue weighted by Crippen LogP contribution is 2.50. The number of rotatable bonds is 7. The van der Waals surface area contributed by atoms with Crippen LogP contribution in [0.3, 0.4) is 0 Å². The predicted octanol–water partition coefficient (Wildman–Crippen LogP) is 5.77. The van der Waals surface area contributed by atoms with Crippen molar-refractivity contribution in [3.05, 3.63) is 69.7 Å². The normalized spacial score (nSPS) is 23.2. The molecule has 2 aliphatic carbocycles. The maximum atomic E-state index is 11.8. The molecule has 3 aliphatic rings. The highest BCUT2D eigenvalue weighted by Gasteiger charge is 2.52. The Hall–Kier alpha value is -2.61. The molecule has 0 amide bonds. The maximum absolute atomic E-state index is 11.8. The summed E-state index contributed by atoms with van der Waals surface area (Å²) in [5.74, 6) is 0.637. The number of nitrogens with zero attached hydrogens (tertiary/aromatic N) is 4. The molecule has 1 aromatic carbocycles. The number of esters is 1. The lowest BCUT2D eigenvalue weighted by atomic mass is 10.1. The minimum Gasteiger partial charge on any atom is -0.464 e. The lowest BCUT2D eigenvalue weighted by Gasteiger charge is -2.40. The van der Waals surface area contributed by atoms with Gasteiger partial charge in [-0.3, -0.25) is 0 Å². The van der Waals surface area contributed by atoms with Crippen LogP contribution in [-0.2, 0) is 16.1 Å². The van der Waals surface area contributed by atoms with Crippen LogP contribution in [0.1, 0.15) is 59.8 Å². The number of methoxy groups -OCH3 is 1. The number of carbonyl (C=O) groups is 1. The second-order valence-electron chi connectivity index (χ2n) is 9.65. The van der Waals surface area contributed by atoms with Crippen molar-refractivity contribution in [2.24, 2.45) is 5.92 Å². The van der Waals surface area contributed by atoms with E-state index in [9.17, 15) is 4.79 Å². The highest BCUT2D eigenvalue weighted by molar-refractivity contribution is 6.37. The van der Waals surface area contributed by atoms with E-state index in [2.05, 4.69) is 15.0 Å². The van der Waals surface area contributed by atoms with Crippen molar-refractivity contribution in [1.82, 2.24) is 14.8 Å². The quantitative estimate of drug-likeness (QED) is 0.374. The van der Waals surface area contributed by atoms with Crippen LogP contribution in [0, 0.1) is 5.92 Å². The molecule has 0 spiro atoms. The molecule has 182 valence electrons. The van der Waals surface area contributed by atoms with Crippen molar-refractivity contribution >= 4 is 34.9 Å². The Bertz CT molecular complexity index is 1250. The Kier molecular flexibility index (Phi) is 5.74. The van der Waals surface area contributed by atoms with E-state index >= 15 is 0 Å². The van der Waals surface area contributed by atoms with Gasteiger partial charge in [0.15, 0.2) is 0 Å². The molecule has 2 bridgehead atoms. The number of aromatic nitrogens is 3. The third-order valence-electron chi connectivity index (χ3n) is 7.48. The van der Waals surface area contributed by atoms with Gasteiger partial charge in [-0.2, -0.15) is 5.10 Å². The molecule has 2 atom stereocenters. The van der Waals surface area contributed by atoms with Crippen molar-refractivity contribution < 1.29 is 14.3 Å². The minimum absolute atomic E-state index is 0.296. The number of hydrogen-bond acceptors (Lipinski definition) is 6. The summed E-state index contributed by atoms with van der Waals surface area (Å²) in [6.45, 7) is 1.31. The van der Waals surface area contributed by atoms with Crippen LogP contribution in [-0.4, -0.2) is 40.1 Å². The number of para-hydroxylation sites is 1. The summed E-state index contributed by atoms with van der Waals surface area (Å²) in [6.07, 6.45) is 9.03. The number of ether oxygens (including phenoxy) is 2. The first-order valence-corrected chi connectivity index (χ1v) is 12.7. The Labute approximate surface area is 213 Å². The first-order valence-electron chi connectivity index (χ1n) is 12.0. The van der Waals surface area contributed by atoms with Gasteiger partial charge in [-0.1, -0.05) is 29.3 Å². The van der Waals surface area contributed by atoms with Crippen LogP contribution < -0.4 is 4.90 Å². The van der Waals surface area contributed by atoms with E-state index in [1.807, 2.05) is 35.1 Å². The van der Waals surface area contributed by atoms with Crippen molar-refractivity contribution in [2.45, 2.75) is 50.4 Å². The van der Waals surface area contributed by atoms with Crippen molar-refractivity contribution in [3.63, 3.8) is 0 Å². The molecule has 35 heavy (non-hydrogen) atoms. The van der Waals surface area contributed by atoms with Gasteiger partial charge in [0.1, 0.15) is 17.1 Å². The van der Waals surface area contributed by atoms with Crippen molar-refractivity contribution in [1.29, 1.82) is 0 Å². The van der Waals surface area contributed by atoms with Gasteiger partial charge in [0, 0.05) is 6.54 Å². The fraction of sp³-hybridized carbons (Fsp3) is 0.423. The van der Waals surface area contributed by atoms with Gasteiger partial charge >= 0.3 is 5.97 Å². The molecule has 2 aromatic heterocycles. The maximum Gasteiger partial charge on any atom is 0.356 e. The third kappa shape index (κ3) is 3.99. The monoisotopic (exact) mass is 512 g/mol. The molecule has 1 saturated heterocycles. The van der Waals surface area contributed by atoms with Gasteiger partial charge < -0.3 is 14.4 Å². The molecule has 2 saturated carbocycles. The zero-order valence-electron chi connectivity index (χ0n) is 19.4. The van der Waals surface area contributed by atoms with Crippen LogP contribution in [0.25, 0.3) is 5.69 Å². The number of anilines is 1. The van der Waals surface area contributed by atoms with Crippen LogP contribution in [0.2, 0.25) is 10.0 Å². The molecule has 3 heterocycles. The van der Waals surface area contributed by atoms with Crippen LogP contribution in [0.5, 0.6) is 0 Å². The minimum atomic E-state index is -0.440. The Morgan fingerprint density at radius 3 is 2.60 bits per heavy atom. The number of hydrogen-bond donors (Lipinski definition) is 0. The SMILES string of the molecule is COC(=O)c1ccc(N2CC3CCC2(OCc2c(C4CC4)cnn2-c2c(Cl)cccc2Cl)C3)cn1. The molecule has 0 N–H and O–H groups in total. The Morgan fingerprint density at radius 1 is 1.14 bits per heavy atom. The molecule has 3 aromatic rings. The van der Waals surface area contributed by atoms with Gasteiger partial charge in [-0.05, 0) is 73.8 Å². The Balaban J connectivity index is 1.31. The summed E-state index contributed by atoms with van der Waals surface area (Å²) >= 11 is 13.1. The van der Waals surface area contributed by atoms with Gasteiger partial charge in [0.25, 0.3) is 0 Å². The molecule has 6 rings (SSSR count). The van der Waals surface area contributed by atoms with E-state index in [4.69, 9.17) is 32.7 Å². The summed E-state index contributed by atoms with van der Waals surface area (Å²) in [7, 11) is 1.36. The largest absolute Gasteiger partial charge is 0.464 e. The zero-order valence-corrected chi connectivity index (χ0v) is 20.9. The topological polar surface area (TPSA) is 69.5 Å². The number of pyridine rings is 1. The molecule has 7 nitrogen and oxygen atoms in total. The summed E-state index contributed by atoms with van der Waals surface area (Å²) in [5, 5.41) is 5.80. The molecule has 1 aliphatic heterocycles. The van der Waals surface area contributed by atoms with E-state index in [1.165, 1.54) is 12.7 Å². The molecule has 0 radical (unpaired) electrons. The van der Waals surface area contributed by atoms with Crippen LogP contribution in [0.15, 0.2) is 42.7 Å². The molecular weight excluding hydrogens is 487 g/mol. The summed E-state index contributed by atoms with van der Waals surface area (Å²) in [5.41, 5.74) is 3.73. The lowest BCUT2D eigenvalue weighted by molar-refractivity contribution is -0.0471. The first kappa shape index (κ1) is 22.8. The van der Waals surface area contributed by atoms with E-state index < -0.39 is 11.7 Å². The molecule has 9 heteroatoms. The van der Waals surface area contributed by atoms with Gasteiger partial charge in [0.05, 0.1) is 47.5 Å². The van der Waals surface area contributed by atoms with E-state index in [0.717, 1.165) is 50.0 Å². The van der Waals surface area contributed by atoms with Crippen molar-refractivity contribution in [2.75, 3.05) is 18.6 Å². The van der Waals surface area contributed by atoms with E-state index in [0.29, 0.717) is 39.9 Å². The second-order valence-corrected chi connectivity index (χ2v) is 10.5. The Morgan fingerprint density at radius 2 is 1.94 bits per heavy atom. The number of carbonyl (C=O) groups excluding carboxylic acids is 1. The zero-order chi connectivity index (χ0) is 24.2. The average molecular weight is 513 g/mol. The molecular formula is C26H26Cl2N4O3. The third-order valence-corrected chi connectivity index (χ3v) is 8.09. The van der Waals surface area contributed by atoms with Gasteiger partial charge in [0.2, 0.25) is 0 Å². The number of piperidine rings is 1. The van der Waals surface area contributed by atoms with E-state index in [-0.39, 0.29) is 0 Å². The number of benzene rings is 1. The first-order chi connectivity index (χ1) is 17.0. The lowest BCUT2D eigenvalue weighted by Crippen LogP contribution is -2.47. The van der Waals surface area contributed by atoms with Crippen LogP contribution in [0.4, 0.5) is 5.69 Å². The van der Waals surface area contributed by atoms with Gasteiger partial charge in [-0.15, -0.1) is 0 Å². The van der Waals surface area contributed by atoms with Crippen molar-refractivity contribution in [3.8, 4) is 5.69 Å². The second kappa shape index (κ2) is 8.80. The highest BCUT2D eigenvalue weighted by atomic mass is 35.5. The van der Waals surface area contributed by atoms with E-state index in [1.54, 1.807) is 12.3 Å². The van der Waals surface area contributed by atoms with Gasteiger partial charge in [-0.25, -0.2) is 14.5 Å². The molecule has 3 fully saturated rings. The number of fused-ring (bicyclic) bond motifs is 2.